The first-order valence-corrected chi connectivity index (χ1v) is 6.78. The molecule has 112 valence electrons. The molecular weight excluding hydrogens is 256 g/mol. The number of carboxylic acids is 1. The number of aromatic carboxylic acids is 1. The largest absolute Gasteiger partial charge is 0.477 e. The van der Waals surface area contributed by atoms with Gasteiger partial charge in [0.15, 0.2) is 5.69 Å². The number of carbonyl (C=O) groups is 1. The highest BCUT2D eigenvalue weighted by Gasteiger charge is 2.15. The van der Waals surface area contributed by atoms with E-state index in [1.54, 1.807) is 6.92 Å². The molecule has 6 heteroatoms. The number of hydrogen-bond acceptors (Lipinski definition) is 5. The summed E-state index contributed by atoms with van der Waals surface area (Å²) >= 11 is 0. The predicted molar refractivity (Wildman–Crippen MR) is 79.1 cm³/mol. The van der Waals surface area contributed by atoms with E-state index in [0.717, 1.165) is 13.0 Å². The van der Waals surface area contributed by atoms with E-state index in [1.807, 2.05) is 14.1 Å². The zero-order valence-corrected chi connectivity index (χ0v) is 12.8. The summed E-state index contributed by atoms with van der Waals surface area (Å²) in [6.45, 7) is 6.93. The number of aromatic nitrogens is 2. The zero-order valence-electron chi connectivity index (χ0n) is 12.8. The van der Waals surface area contributed by atoms with Crippen LogP contribution in [-0.4, -0.2) is 52.6 Å². The van der Waals surface area contributed by atoms with Crippen molar-refractivity contribution in [2.45, 2.75) is 33.2 Å². The standard InChI is InChI=1S/C14H24N4O2/c1-9(2)6-11(8-18(4)5)16-14-15-10(3)7-12(17-14)13(19)20/h7,9,11H,6,8H2,1-5H3,(H,19,20)(H,15,16,17). The minimum absolute atomic E-state index is 0.0214. The molecule has 0 aliphatic heterocycles. The molecule has 0 aromatic carbocycles. The number of anilines is 1. The van der Waals surface area contributed by atoms with Gasteiger partial charge in [-0.1, -0.05) is 13.8 Å². The summed E-state index contributed by atoms with van der Waals surface area (Å²) in [6, 6.07) is 1.66. The van der Waals surface area contributed by atoms with Crippen molar-refractivity contribution < 1.29 is 9.90 Å². The van der Waals surface area contributed by atoms with Crippen LogP contribution < -0.4 is 5.32 Å². The second-order valence-electron chi connectivity index (χ2n) is 5.76. The number of hydrogen-bond donors (Lipinski definition) is 2. The summed E-state index contributed by atoms with van der Waals surface area (Å²) in [4.78, 5) is 21.4. The normalized spacial score (nSPS) is 12.8. The molecular formula is C14H24N4O2. The topological polar surface area (TPSA) is 78.3 Å². The molecule has 2 N–H and O–H groups in total. The van der Waals surface area contributed by atoms with Crippen LogP contribution in [0.25, 0.3) is 0 Å². The first kappa shape index (κ1) is 16.4. The summed E-state index contributed by atoms with van der Waals surface area (Å²) < 4.78 is 0. The maximum Gasteiger partial charge on any atom is 0.354 e. The van der Waals surface area contributed by atoms with Gasteiger partial charge < -0.3 is 15.3 Å². The van der Waals surface area contributed by atoms with Crippen LogP contribution >= 0.6 is 0 Å². The van der Waals surface area contributed by atoms with E-state index in [-0.39, 0.29) is 11.7 Å². The molecule has 20 heavy (non-hydrogen) atoms. The van der Waals surface area contributed by atoms with Gasteiger partial charge in [0.2, 0.25) is 5.95 Å². The second-order valence-corrected chi connectivity index (χ2v) is 5.76. The van der Waals surface area contributed by atoms with Crippen molar-refractivity contribution in [1.29, 1.82) is 0 Å². The second kappa shape index (κ2) is 7.19. The van der Waals surface area contributed by atoms with Crippen LogP contribution in [0.4, 0.5) is 5.95 Å². The van der Waals surface area contributed by atoms with Crippen LogP contribution in [-0.2, 0) is 0 Å². The van der Waals surface area contributed by atoms with E-state index in [0.29, 0.717) is 17.6 Å². The Labute approximate surface area is 120 Å². The number of rotatable bonds is 7. The lowest BCUT2D eigenvalue weighted by Crippen LogP contribution is -2.34. The third-order valence-corrected chi connectivity index (χ3v) is 2.75. The molecule has 0 spiro atoms. The smallest absolute Gasteiger partial charge is 0.354 e. The number of carboxylic acid groups (broad SMARTS) is 1. The maximum absolute atomic E-state index is 11.0. The average molecular weight is 280 g/mol. The van der Waals surface area contributed by atoms with Crippen LogP contribution in [0.1, 0.15) is 36.5 Å². The Morgan fingerprint density at radius 1 is 1.40 bits per heavy atom. The van der Waals surface area contributed by atoms with Crippen LogP contribution in [0.3, 0.4) is 0 Å². The zero-order chi connectivity index (χ0) is 15.3. The van der Waals surface area contributed by atoms with Crippen LogP contribution in [0.5, 0.6) is 0 Å². The van der Waals surface area contributed by atoms with Crippen molar-refractivity contribution in [2.24, 2.45) is 5.92 Å². The van der Waals surface area contributed by atoms with Gasteiger partial charge in [0, 0.05) is 18.3 Å². The van der Waals surface area contributed by atoms with Crippen LogP contribution in [0.15, 0.2) is 6.07 Å². The molecule has 0 aliphatic carbocycles. The highest BCUT2D eigenvalue weighted by atomic mass is 16.4. The summed E-state index contributed by atoms with van der Waals surface area (Å²) in [5.41, 5.74) is 0.668. The van der Waals surface area contributed by atoms with E-state index in [4.69, 9.17) is 5.11 Å². The molecule has 1 atom stereocenters. The van der Waals surface area contributed by atoms with Gasteiger partial charge in [-0.25, -0.2) is 14.8 Å². The van der Waals surface area contributed by atoms with Crippen molar-refractivity contribution in [2.75, 3.05) is 26.0 Å². The lowest BCUT2D eigenvalue weighted by atomic mass is 10.0. The Morgan fingerprint density at radius 3 is 2.55 bits per heavy atom. The van der Waals surface area contributed by atoms with Crippen molar-refractivity contribution in [3.63, 3.8) is 0 Å². The first-order chi connectivity index (χ1) is 9.27. The lowest BCUT2D eigenvalue weighted by Gasteiger charge is -2.24. The molecule has 0 saturated heterocycles. The molecule has 0 saturated carbocycles. The summed E-state index contributed by atoms with van der Waals surface area (Å²) in [6.07, 6.45) is 0.970. The first-order valence-electron chi connectivity index (χ1n) is 6.78. The fraction of sp³-hybridized carbons (Fsp3) is 0.643. The third kappa shape index (κ3) is 5.52. The predicted octanol–water partition coefficient (Wildman–Crippen LogP) is 1.87. The molecule has 0 bridgehead atoms. The van der Waals surface area contributed by atoms with Crippen LogP contribution in [0.2, 0.25) is 0 Å². The Kier molecular flexibility index (Phi) is 5.88. The number of nitrogens with one attached hydrogen (secondary N) is 1. The lowest BCUT2D eigenvalue weighted by molar-refractivity contribution is 0.0690. The third-order valence-electron chi connectivity index (χ3n) is 2.75. The van der Waals surface area contributed by atoms with Gasteiger partial charge >= 0.3 is 5.97 Å². The Morgan fingerprint density at radius 2 is 2.05 bits per heavy atom. The fourth-order valence-corrected chi connectivity index (χ4v) is 2.11. The highest BCUT2D eigenvalue weighted by molar-refractivity contribution is 5.85. The number of likely N-dealkylation sites (N-methyl/N-ethyl adjacent to an activating group) is 1. The van der Waals surface area contributed by atoms with Gasteiger partial charge in [0.25, 0.3) is 0 Å². The van der Waals surface area contributed by atoms with E-state index in [2.05, 4.69) is 34.0 Å². The minimum atomic E-state index is -1.04. The minimum Gasteiger partial charge on any atom is -0.477 e. The van der Waals surface area contributed by atoms with Gasteiger partial charge in [-0.15, -0.1) is 0 Å². The number of nitrogens with zero attached hydrogens (tertiary/aromatic N) is 3. The molecule has 1 heterocycles. The van der Waals surface area contributed by atoms with Crippen molar-refractivity contribution in [3.8, 4) is 0 Å². The molecule has 0 amide bonds. The summed E-state index contributed by atoms with van der Waals surface area (Å²) in [7, 11) is 4.02. The van der Waals surface area contributed by atoms with E-state index >= 15 is 0 Å². The van der Waals surface area contributed by atoms with Crippen molar-refractivity contribution >= 4 is 11.9 Å². The molecule has 6 nitrogen and oxygen atoms in total. The number of aryl methyl sites for hydroxylation is 1. The quantitative estimate of drug-likeness (QED) is 0.794. The van der Waals surface area contributed by atoms with E-state index in [9.17, 15) is 4.79 Å². The molecule has 1 rings (SSSR count). The van der Waals surface area contributed by atoms with Crippen molar-refractivity contribution in [1.82, 2.24) is 14.9 Å². The van der Waals surface area contributed by atoms with Gasteiger partial charge in [-0.3, -0.25) is 0 Å². The molecule has 1 aromatic rings. The maximum atomic E-state index is 11.0. The van der Waals surface area contributed by atoms with E-state index in [1.165, 1.54) is 6.07 Å². The monoisotopic (exact) mass is 280 g/mol. The fourth-order valence-electron chi connectivity index (χ4n) is 2.11. The summed E-state index contributed by atoms with van der Waals surface area (Å²) in [5, 5.41) is 12.3. The Bertz CT molecular complexity index is 450. The highest BCUT2D eigenvalue weighted by Crippen LogP contribution is 2.12. The SMILES string of the molecule is Cc1cc(C(=O)O)nc(NC(CC(C)C)CN(C)C)n1. The summed E-state index contributed by atoms with van der Waals surface area (Å²) in [5.74, 6) is -0.113. The average Bonchev–Trinajstić information content (AvgIpc) is 2.25. The molecule has 0 radical (unpaired) electrons. The van der Waals surface area contributed by atoms with Gasteiger partial charge in [0.05, 0.1) is 0 Å². The van der Waals surface area contributed by atoms with Crippen molar-refractivity contribution in [3.05, 3.63) is 17.5 Å². The van der Waals surface area contributed by atoms with Crippen LogP contribution in [0, 0.1) is 12.8 Å². The van der Waals surface area contributed by atoms with Gasteiger partial charge in [-0.05, 0) is 39.4 Å². The molecule has 0 aliphatic rings. The van der Waals surface area contributed by atoms with Gasteiger partial charge in [-0.2, -0.15) is 0 Å². The molecule has 1 unspecified atom stereocenters. The van der Waals surface area contributed by atoms with E-state index < -0.39 is 5.97 Å². The molecule has 1 aromatic heterocycles. The Hall–Kier alpha value is -1.69. The molecule has 0 fully saturated rings. The van der Waals surface area contributed by atoms with Gasteiger partial charge in [0.1, 0.15) is 0 Å². The Balaban J connectivity index is 2.89.